The monoisotopic (exact) mass is 396 g/mol. The highest BCUT2D eigenvalue weighted by molar-refractivity contribution is 5.69. The Hall–Kier alpha value is -2.60. The van der Waals surface area contributed by atoms with Gasteiger partial charge in [-0.05, 0) is 37.8 Å². The van der Waals surface area contributed by atoms with Crippen molar-refractivity contribution in [2.45, 2.75) is 63.3 Å². The third-order valence-electron chi connectivity index (χ3n) is 6.18. The number of nitrogens with zero attached hydrogens (tertiary/aromatic N) is 2. The lowest BCUT2D eigenvalue weighted by molar-refractivity contribution is -0.0898. The van der Waals surface area contributed by atoms with E-state index in [-0.39, 0.29) is 24.8 Å². The first-order valence-corrected chi connectivity index (χ1v) is 10.2. The first-order valence-electron chi connectivity index (χ1n) is 10.2. The number of benzene rings is 1. The number of amides is 1. The van der Waals surface area contributed by atoms with Gasteiger partial charge in [0.05, 0.1) is 12.7 Å². The van der Waals surface area contributed by atoms with Crippen LogP contribution in [0.4, 0.5) is 4.79 Å². The molecule has 2 aromatic rings. The molecule has 0 saturated carbocycles. The number of fused-ring (bicyclic) bond motifs is 2. The molecule has 1 amide bonds. The lowest BCUT2D eigenvalue weighted by Crippen LogP contribution is -2.58. The number of hydrogen-bond acceptors (Lipinski definition) is 5. The van der Waals surface area contributed by atoms with Gasteiger partial charge in [0, 0.05) is 42.2 Å². The molecule has 3 heterocycles. The SMILES string of the molecule is COc1ncc(C2(O)CC3CCCC(C2)N3C(=O)OCc2ccccc2)cc1C. The predicted octanol–water partition coefficient (Wildman–Crippen LogP) is 3.94. The maximum absolute atomic E-state index is 12.9. The number of ether oxygens (including phenoxy) is 2. The second kappa shape index (κ2) is 8.03. The minimum atomic E-state index is -0.990. The lowest BCUT2D eigenvalue weighted by atomic mass is 9.73. The van der Waals surface area contributed by atoms with Gasteiger partial charge < -0.3 is 19.5 Å². The Morgan fingerprint density at radius 3 is 2.55 bits per heavy atom. The quantitative estimate of drug-likeness (QED) is 0.848. The Labute approximate surface area is 171 Å². The summed E-state index contributed by atoms with van der Waals surface area (Å²) in [6, 6.07) is 11.6. The second-order valence-electron chi connectivity index (χ2n) is 8.18. The minimum absolute atomic E-state index is 0.0295. The average Bonchev–Trinajstić information content (AvgIpc) is 2.72. The molecule has 0 spiro atoms. The van der Waals surface area contributed by atoms with Crippen LogP contribution in [0.1, 0.15) is 48.8 Å². The van der Waals surface area contributed by atoms with Crippen LogP contribution in [0.2, 0.25) is 0 Å². The summed E-state index contributed by atoms with van der Waals surface area (Å²) in [5.41, 5.74) is 1.67. The molecule has 0 aliphatic carbocycles. The largest absolute Gasteiger partial charge is 0.481 e. The topological polar surface area (TPSA) is 71.9 Å². The molecule has 6 nitrogen and oxygen atoms in total. The van der Waals surface area contributed by atoms with E-state index < -0.39 is 5.60 Å². The number of aliphatic hydroxyl groups is 1. The number of pyridine rings is 1. The summed E-state index contributed by atoms with van der Waals surface area (Å²) >= 11 is 0. The van der Waals surface area contributed by atoms with Crippen molar-refractivity contribution in [3.63, 3.8) is 0 Å². The van der Waals surface area contributed by atoms with Crippen molar-refractivity contribution in [3.8, 4) is 5.88 Å². The molecular formula is C23H28N2O4. The fourth-order valence-electron chi connectivity index (χ4n) is 4.79. The molecule has 6 heteroatoms. The Bertz CT molecular complexity index is 856. The summed E-state index contributed by atoms with van der Waals surface area (Å²) in [5.74, 6) is 0.569. The zero-order valence-electron chi connectivity index (χ0n) is 17.0. The maximum Gasteiger partial charge on any atom is 0.410 e. The van der Waals surface area contributed by atoms with Gasteiger partial charge in [0.2, 0.25) is 5.88 Å². The average molecular weight is 396 g/mol. The number of rotatable bonds is 4. The molecule has 2 atom stereocenters. The van der Waals surface area contributed by atoms with Crippen LogP contribution in [0.3, 0.4) is 0 Å². The van der Waals surface area contributed by atoms with Crippen LogP contribution in [0.5, 0.6) is 5.88 Å². The molecule has 2 saturated heterocycles. The third kappa shape index (κ3) is 3.94. The number of piperidine rings is 2. The minimum Gasteiger partial charge on any atom is -0.481 e. The molecule has 154 valence electrons. The van der Waals surface area contributed by atoms with Crippen LogP contribution < -0.4 is 4.74 Å². The van der Waals surface area contributed by atoms with Crippen molar-refractivity contribution in [1.82, 2.24) is 9.88 Å². The van der Waals surface area contributed by atoms with Crippen LogP contribution in [-0.2, 0) is 16.9 Å². The Kier molecular flexibility index (Phi) is 5.46. The van der Waals surface area contributed by atoms with Gasteiger partial charge in [-0.15, -0.1) is 0 Å². The van der Waals surface area contributed by atoms with Gasteiger partial charge in [-0.1, -0.05) is 30.3 Å². The summed E-state index contributed by atoms with van der Waals surface area (Å²) in [7, 11) is 1.59. The highest BCUT2D eigenvalue weighted by Crippen LogP contribution is 2.45. The number of methoxy groups -OCH3 is 1. The zero-order valence-corrected chi connectivity index (χ0v) is 17.0. The van der Waals surface area contributed by atoms with E-state index in [4.69, 9.17) is 9.47 Å². The molecule has 1 aromatic carbocycles. The van der Waals surface area contributed by atoms with Gasteiger partial charge in [-0.3, -0.25) is 0 Å². The number of aryl methyl sites for hydroxylation is 1. The molecule has 29 heavy (non-hydrogen) atoms. The fourth-order valence-corrected chi connectivity index (χ4v) is 4.79. The maximum atomic E-state index is 12.9. The molecule has 1 N–H and O–H groups in total. The van der Waals surface area contributed by atoms with Crippen molar-refractivity contribution in [2.75, 3.05) is 7.11 Å². The predicted molar refractivity (Wildman–Crippen MR) is 109 cm³/mol. The van der Waals surface area contributed by atoms with Gasteiger partial charge in [0.1, 0.15) is 6.61 Å². The molecule has 1 aromatic heterocycles. The van der Waals surface area contributed by atoms with Crippen molar-refractivity contribution in [3.05, 3.63) is 59.3 Å². The summed E-state index contributed by atoms with van der Waals surface area (Å²) < 4.78 is 10.8. The number of hydrogen-bond donors (Lipinski definition) is 1. The number of carbonyl (C=O) groups is 1. The number of carbonyl (C=O) groups excluding carboxylic acids is 1. The van der Waals surface area contributed by atoms with Crippen LogP contribution in [0.15, 0.2) is 42.6 Å². The van der Waals surface area contributed by atoms with E-state index in [1.54, 1.807) is 13.3 Å². The van der Waals surface area contributed by atoms with Gasteiger partial charge in [-0.25, -0.2) is 9.78 Å². The van der Waals surface area contributed by atoms with Crippen molar-refractivity contribution < 1.29 is 19.4 Å². The fraction of sp³-hybridized carbons (Fsp3) is 0.478. The van der Waals surface area contributed by atoms with Crippen molar-refractivity contribution in [2.24, 2.45) is 0 Å². The molecule has 4 rings (SSSR count). The summed E-state index contributed by atoms with van der Waals surface area (Å²) in [4.78, 5) is 19.1. The van der Waals surface area contributed by atoms with Crippen LogP contribution >= 0.6 is 0 Å². The molecule has 2 aliphatic heterocycles. The Balaban J connectivity index is 1.50. The van der Waals surface area contributed by atoms with Crippen LogP contribution in [-0.4, -0.2) is 40.3 Å². The summed E-state index contributed by atoms with van der Waals surface area (Å²) in [6.45, 7) is 2.19. The van der Waals surface area contributed by atoms with E-state index in [0.29, 0.717) is 18.7 Å². The van der Waals surface area contributed by atoms with Crippen LogP contribution in [0, 0.1) is 6.92 Å². The van der Waals surface area contributed by atoms with E-state index in [2.05, 4.69) is 4.98 Å². The van der Waals surface area contributed by atoms with Crippen LogP contribution in [0.25, 0.3) is 0 Å². The first kappa shape index (κ1) is 19.7. The van der Waals surface area contributed by atoms with Gasteiger partial charge in [0.15, 0.2) is 0 Å². The molecular weight excluding hydrogens is 368 g/mol. The Morgan fingerprint density at radius 1 is 1.24 bits per heavy atom. The van der Waals surface area contributed by atoms with Gasteiger partial charge in [-0.2, -0.15) is 0 Å². The second-order valence-corrected chi connectivity index (χ2v) is 8.18. The highest BCUT2D eigenvalue weighted by Gasteiger charge is 2.48. The normalized spacial score (nSPS) is 26.1. The third-order valence-corrected chi connectivity index (χ3v) is 6.18. The Morgan fingerprint density at radius 2 is 1.93 bits per heavy atom. The van der Waals surface area contributed by atoms with E-state index in [1.807, 2.05) is 48.2 Å². The zero-order chi connectivity index (χ0) is 20.4. The van der Waals surface area contributed by atoms with Crippen molar-refractivity contribution >= 4 is 6.09 Å². The van der Waals surface area contributed by atoms with E-state index in [1.165, 1.54) is 0 Å². The van der Waals surface area contributed by atoms with Gasteiger partial charge >= 0.3 is 6.09 Å². The molecule has 2 aliphatic rings. The van der Waals surface area contributed by atoms with Crippen molar-refractivity contribution in [1.29, 1.82) is 0 Å². The summed E-state index contributed by atoms with van der Waals surface area (Å²) in [6.07, 6.45) is 5.23. The smallest absolute Gasteiger partial charge is 0.410 e. The molecule has 2 fully saturated rings. The van der Waals surface area contributed by atoms with Gasteiger partial charge in [0.25, 0.3) is 0 Å². The summed E-state index contributed by atoms with van der Waals surface area (Å²) in [5, 5.41) is 11.5. The lowest BCUT2D eigenvalue weighted by Gasteiger charge is -2.51. The standard InChI is InChI=1S/C23H28N2O4/c1-16-11-18(14-24-21(16)28-2)23(27)12-19-9-6-10-20(13-23)25(19)22(26)29-15-17-7-4-3-5-8-17/h3-5,7-8,11,14,19-20,27H,6,9-10,12-13,15H2,1-2H3. The first-order chi connectivity index (χ1) is 14.0. The highest BCUT2D eigenvalue weighted by atomic mass is 16.6. The molecule has 2 bridgehead atoms. The van der Waals surface area contributed by atoms with E-state index in [0.717, 1.165) is 36.0 Å². The molecule has 2 unspecified atom stereocenters. The van der Waals surface area contributed by atoms with E-state index in [9.17, 15) is 9.90 Å². The molecule has 0 radical (unpaired) electrons. The van der Waals surface area contributed by atoms with E-state index >= 15 is 0 Å². The number of aromatic nitrogens is 1.